The molecule has 0 amide bonds. The lowest BCUT2D eigenvalue weighted by Crippen LogP contribution is -2.13. The molecule has 2 nitrogen and oxygen atoms in total. The maximum atomic E-state index is 5.53. The van der Waals surface area contributed by atoms with Gasteiger partial charge in [-0.05, 0) is 19.9 Å². The largest absolute Gasteiger partial charge is 0.377 e. The van der Waals surface area contributed by atoms with Crippen LogP contribution in [-0.2, 0) is 4.74 Å². The summed E-state index contributed by atoms with van der Waals surface area (Å²) in [6.07, 6.45) is 2.99. The number of nitrogens with one attached hydrogen (secondary N) is 1. The van der Waals surface area contributed by atoms with Gasteiger partial charge in [-0.1, -0.05) is 12.2 Å². The van der Waals surface area contributed by atoms with Crippen molar-refractivity contribution in [1.82, 2.24) is 5.32 Å². The lowest BCUT2D eigenvalue weighted by Gasteiger charge is -2.09. The molecule has 3 heteroatoms. The zero-order valence-corrected chi connectivity index (χ0v) is 9.16. The van der Waals surface area contributed by atoms with Gasteiger partial charge >= 0.3 is 0 Å². The zero-order chi connectivity index (χ0) is 9.52. The molecule has 1 fully saturated rings. The minimum Gasteiger partial charge on any atom is -0.377 e. The van der Waals surface area contributed by atoms with Crippen LogP contribution in [0.25, 0.3) is 0 Å². The monoisotopic (exact) mass is 201 g/mol. The van der Waals surface area contributed by atoms with Gasteiger partial charge in [0.2, 0.25) is 0 Å². The highest BCUT2D eigenvalue weighted by atomic mass is 32.2. The number of hydrogen-bond acceptors (Lipinski definition) is 3. The first-order valence-corrected chi connectivity index (χ1v) is 5.99. The first-order chi connectivity index (χ1) is 6.33. The van der Waals surface area contributed by atoms with Crippen molar-refractivity contribution >= 4 is 11.8 Å². The smallest absolute Gasteiger partial charge is 0.0666 e. The summed E-state index contributed by atoms with van der Waals surface area (Å²) in [5, 5.41) is 3.10. The molecule has 0 radical (unpaired) electrons. The highest BCUT2D eigenvalue weighted by Crippen LogP contribution is 2.17. The van der Waals surface area contributed by atoms with Crippen LogP contribution in [0.1, 0.15) is 12.8 Å². The third kappa shape index (κ3) is 4.69. The summed E-state index contributed by atoms with van der Waals surface area (Å²) in [5.74, 6) is 2.18. The molecular weight excluding hydrogens is 182 g/mol. The Balaban J connectivity index is 1.96. The second-order valence-electron chi connectivity index (χ2n) is 3.43. The molecule has 0 aromatic rings. The van der Waals surface area contributed by atoms with Gasteiger partial charge in [-0.3, -0.25) is 0 Å². The Hall–Kier alpha value is 0.01000. The van der Waals surface area contributed by atoms with Crippen LogP contribution in [0.2, 0.25) is 0 Å². The Morgan fingerprint density at radius 1 is 1.69 bits per heavy atom. The molecule has 0 aromatic carbocycles. The first-order valence-electron chi connectivity index (χ1n) is 4.83. The lowest BCUT2D eigenvalue weighted by molar-refractivity contribution is 0.129. The summed E-state index contributed by atoms with van der Waals surface area (Å²) in [5.41, 5.74) is 1.27. The van der Waals surface area contributed by atoms with Gasteiger partial charge in [0.15, 0.2) is 0 Å². The van der Waals surface area contributed by atoms with Crippen molar-refractivity contribution in [3.63, 3.8) is 0 Å². The number of rotatable bonds is 6. The number of likely N-dealkylation sites (N-methyl/N-ethyl adjacent to an activating group) is 1. The maximum absolute atomic E-state index is 5.53. The summed E-state index contributed by atoms with van der Waals surface area (Å²) >= 11 is 1.93. The fourth-order valence-electron chi connectivity index (χ4n) is 1.41. The van der Waals surface area contributed by atoms with Crippen molar-refractivity contribution in [1.29, 1.82) is 0 Å². The van der Waals surface area contributed by atoms with Gasteiger partial charge in [-0.15, -0.1) is 0 Å². The Morgan fingerprint density at radius 3 is 3.15 bits per heavy atom. The van der Waals surface area contributed by atoms with Crippen molar-refractivity contribution in [3.05, 3.63) is 12.2 Å². The molecule has 1 atom stereocenters. The third-order valence-electron chi connectivity index (χ3n) is 2.06. The fourth-order valence-corrected chi connectivity index (χ4v) is 2.45. The van der Waals surface area contributed by atoms with Gasteiger partial charge in [0.05, 0.1) is 6.10 Å². The van der Waals surface area contributed by atoms with E-state index in [2.05, 4.69) is 11.9 Å². The van der Waals surface area contributed by atoms with Gasteiger partial charge in [0.1, 0.15) is 0 Å². The van der Waals surface area contributed by atoms with Gasteiger partial charge < -0.3 is 10.1 Å². The second-order valence-corrected chi connectivity index (χ2v) is 4.46. The molecule has 0 bridgehead atoms. The van der Waals surface area contributed by atoms with Gasteiger partial charge in [-0.25, -0.2) is 0 Å². The van der Waals surface area contributed by atoms with Crippen LogP contribution in [0, 0.1) is 0 Å². The van der Waals surface area contributed by atoms with E-state index in [1.165, 1.54) is 18.4 Å². The molecule has 1 aliphatic rings. The summed E-state index contributed by atoms with van der Waals surface area (Å²) < 4.78 is 5.53. The van der Waals surface area contributed by atoms with E-state index in [4.69, 9.17) is 4.74 Å². The molecule has 76 valence electrons. The summed E-state index contributed by atoms with van der Waals surface area (Å²) in [6.45, 7) is 5.87. The van der Waals surface area contributed by atoms with Gasteiger partial charge in [0, 0.05) is 24.7 Å². The molecule has 1 N–H and O–H groups in total. The van der Waals surface area contributed by atoms with Crippen molar-refractivity contribution in [2.75, 3.05) is 31.7 Å². The lowest BCUT2D eigenvalue weighted by atomic mass is 10.3. The van der Waals surface area contributed by atoms with Crippen LogP contribution in [0.4, 0.5) is 0 Å². The normalized spacial score (nSPS) is 22.1. The number of ether oxygens (including phenoxy) is 1. The van der Waals surface area contributed by atoms with Crippen LogP contribution < -0.4 is 5.32 Å². The number of thioether (sulfide) groups is 1. The molecule has 1 unspecified atom stereocenters. The Bertz CT molecular complexity index is 155. The van der Waals surface area contributed by atoms with Gasteiger partial charge in [0.25, 0.3) is 0 Å². The van der Waals surface area contributed by atoms with Crippen LogP contribution >= 0.6 is 11.8 Å². The molecule has 1 heterocycles. The molecule has 0 aromatic heterocycles. The van der Waals surface area contributed by atoms with Crippen LogP contribution in [0.3, 0.4) is 0 Å². The molecule has 13 heavy (non-hydrogen) atoms. The molecule has 0 saturated carbocycles. The van der Waals surface area contributed by atoms with E-state index in [1.54, 1.807) is 0 Å². The highest BCUT2D eigenvalue weighted by molar-refractivity contribution is 7.99. The van der Waals surface area contributed by atoms with Crippen LogP contribution in [0.15, 0.2) is 12.2 Å². The minimum absolute atomic E-state index is 0.507. The Kier molecular flexibility index (Phi) is 5.51. The van der Waals surface area contributed by atoms with Gasteiger partial charge in [-0.2, -0.15) is 11.8 Å². The second kappa shape index (κ2) is 6.46. The molecule has 1 rings (SSSR count). The van der Waals surface area contributed by atoms with E-state index in [0.717, 1.165) is 24.7 Å². The standard InChI is InChI=1S/C10H19NOS/c1-9(6-11-2)7-13-8-10-4-3-5-12-10/h10-11H,1,3-8H2,2H3. The average Bonchev–Trinajstić information content (AvgIpc) is 2.57. The van der Waals surface area contributed by atoms with Crippen LogP contribution in [0.5, 0.6) is 0 Å². The first kappa shape index (κ1) is 11.1. The summed E-state index contributed by atoms with van der Waals surface area (Å²) in [6, 6.07) is 0. The molecule has 0 aliphatic carbocycles. The molecular formula is C10H19NOS. The quantitative estimate of drug-likeness (QED) is 0.661. The van der Waals surface area contributed by atoms with Crippen LogP contribution in [-0.4, -0.2) is 37.8 Å². The molecule has 1 aliphatic heterocycles. The zero-order valence-electron chi connectivity index (χ0n) is 8.34. The van der Waals surface area contributed by atoms with E-state index < -0.39 is 0 Å². The average molecular weight is 201 g/mol. The fraction of sp³-hybridized carbons (Fsp3) is 0.800. The summed E-state index contributed by atoms with van der Waals surface area (Å²) in [4.78, 5) is 0. The maximum Gasteiger partial charge on any atom is 0.0666 e. The Morgan fingerprint density at radius 2 is 2.54 bits per heavy atom. The summed E-state index contributed by atoms with van der Waals surface area (Å²) in [7, 11) is 1.95. The Labute approximate surface area is 85.1 Å². The van der Waals surface area contributed by atoms with E-state index in [1.807, 2.05) is 18.8 Å². The van der Waals surface area contributed by atoms with E-state index in [9.17, 15) is 0 Å². The SMILES string of the molecule is C=C(CNC)CSCC1CCCO1. The van der Waals surface area contributed by atoms with Crippen molar-refractivity contribution in [2.24, 2.45) is 0 Å². The highest BCUT2D eigenvalue weighted by Gasteiger charge is 2.14. The molecule has 0 spiro atoms. The molecule has 1 saturated heterocycles. The van der Waals surface area contributed by atoms with Crippen molar-refractivity contribution in [2.45, 2.75) is 18.9 Å². The number of hydrogen-bond donors (Lipinski definition) is 1. The predicted octanol–water partition coefficient (Wildman–Crippen LogP) is 1.67. The van der Waals surface area contributed by atoms with E-state index in [-0.39, 0.29) is 0 Å². The topological polar surface area (TPSA) is 21.3 Å². The van der Waals surface area contributed by atoms with E-state index >= 15 is 0 Å². The minimum atomic E-state index is 0.507. The predicted molar refractivity (Wildman–Crippen MR) is 59.4 cm³/mol. The van der Waals surface area contributed by atoms with Crippen molar-refractivity contribution in [3.8, 4) is 0 Å². The van der Waals surface area contributed by atoms with E-state index in [0.29, 0.717) is 6.10 Å². The van der Waals surface area contributed by atoms with Crippen molar-refractivity contribution < 1.29 is 4.74 Å². The third-order valence-corrected chi connectivity index (χ3v) is 3.28.